The fourth-order valence-corrected chi connectivity index (χ4v) is 3.92. The maximum Gasteiger partial charge on any atom is 0.222 e. The van der Waals surface area contributed by atoms with Crippen molar-refractivity contribution in [3.05, 3.63) is 58.7 Å². The van der Waals surface area contributed by atoms with Crippen molar-refractivity contribution in [2.75, 3.05) is 27.3 Å². The molecule has 0 aliphatic carbocycles. The van der Waals surface area contributed by atoms with E-state index in [1.54, 1.807) is 14.2 Å². The lowest BCUT2D eigenvalue weighted by atomic mass is 9.91. The number of ether oxygens (including phenoxy) is 2. The smallest absolute Gasteiger partial charge is 0.222 e. The summed E-state index contributed by atoms with van der Waals surface area (Å²) in [5, 5.41) is 3.14. The van der Waals surface area contributed by atoms with E-state index in [2.05, 4.69) is 53.5 Å². The molecule has 1 atom stereocenters. The van der Waals surface area contributed by atoms with E-state index in [1.807, 2.05) is 13.8 Å². The minimum absolute atomic E-state index is 0.0340. The highest BCUT2D eigenvalue weighted by Crippen LogP contribution is 2.38. The molecule has 5 nitrogen and oxygen atoms in total. The van der Waals surface area contributed by atoms with E-state index in [9.17, 15) is 4.79 Å². The summed E-state index contributed by atoms with van der Waals surface area (Å²) in [6, 6.07) is 12.7. The van der Waals surface area contributed by atoms with Gasteiger partial charge in [-0.15, -0.1) is 0 Å². The molecule has 2 aromatic rings. The van der Waals surface area contributed by atoms with Crippen LogP contribution in [0.4, 0.5) is 0 Å². The van der Waals surface area contributed by atoms with Gasteiger partial charge < -0.3 is 14.8 Å². The largest absolute Gasteiger partial charge is 0.493 e. The first-order valence-corrected chi connectivity index (χ1v) is 10.3. The van der Waals surface area contributed by atoms with Gasteiger partial charge in [-0.05, 0) is 47.7 Å². The molecule has 0 saturated carbocycles. The van der Waals surface area contributed by atoms with Crippen LogP contribution in [0.25, 0.3) is 0 Å². The second-order valence-electron chi connectivity index (χ2n) is 7.97. The van der Waals surface area contributed by atoms with Gasteiger partial charge in [-0.3, -0.25) is 9.69 Å². The number of aryl methyl sites for hydroxylation is 1. The number of hydrogen-bond acceptors (Lipinski definition) is 4. The molecular formula is C24H32N2O3. The molecule has 1 aliphatic rings. The molecule has 3 rings (SSSR count). The zero-order valence-electron chi connectivity index (χ0n) is 18.1. The zero-order valence-corrected chi connectivity index (χ0v) is 18.1. The fraction of sp³-hybridized carbons (Fsp3) is 0.458. The topological polar surface area (TPSA) is 50.8 Å². The van der Waals surface area contributed by atoms with Crippen LogP contribution in [0.2, 0.25) is 0 Å². The van der Waals surface area contributed by atoms with Gasteiger partial charge in [0.15, 0.2) is 11.5 Å². The summed E-state index contributed by atoms with van der Waals surface area (Å²) in [4.78, 5) is 14.7. The van der Waals surface area contributed by atoms with Crippen LogP contribution in [0.15, 0.2) is 36.4 Å². The van der Waals surface area contributed by atoms with Gasteiger partial charge in [0, 0.05) is 25.6 Å². The second-order valence-corrected chi connectivity index (χ2v) is 7.97. The molecular weight excluding hydrogens is 364 g/mol. The van der Waals surface area contributed by atoms with Gasteiger partial charge in [-0.2, -0.15) is 0 Å². The van der Waals surface area contributed by atoms with E-state index in [-0.39, 0.29) is 17.9 Å². The quantitative estimate of drug-likeness (QED) is 0.772. The van der Waals surface area contributed by atoms with Crippen LogP contribution in [0.1, 0.15) is 42.1 Å². The summed E-state index contributed by atoms with van der Waals surface area (Å²) >= 11 is 0. The SMILES string of the molecule is COc1cc2c(cc1OC)[C@H](CNC(=O)C(C)C)N(Cc1ccccc1C)CC2. The summed E-state index contributed by atoms with van der Waals surface area (Å²) in [7, 11) is 3.33. The lowest BCUT2D eigenvalue weighted by Gasteiger charge is -2.38. The third-order valence-corrected chi connectivity index (χ3v) is 5.74. The van der Waals surface area contributed by atoms with Crippen LogP contribution < -0.4 is 14.8 Å². The van der Waals surface area contributed by atoms with Crippen molar-refractivity contribution in [3.8, 4) is 11.5 Å². The van der Waals surface area contributed by atoms with Crippen molar-refractivity contribution in [2.45, 2.75) is 39.8 Å². The Morgan fingerprint density at radius 1 is 1.17 bits per heavy atom. The van der Waals surface area contributed by atoms with Gasteiger partial charge in [0.05, 0.1) is 20.3 Å². The van der Waals surface area contributed by atoms with Crippen molar-refractivity contribution in [1.29, 1.82) is 0 Å². The summed E-state index contributed by atoms with van der Waals surface area (Å²) < 4.78 is 11.1. The molecule has 0 spiro atoms. The molecule has 2 aromatic carbocycles. The number of nitrogens with one attached hydrogen (secondary N) is 1. The maximum absolute atomic E-state index is 12.3. The Kier molecular flexibility index (Phi) is 6.80. The van der Waals surface area contributed by atoms with Crippen molar-refractivity contribution < 1.29 is 14.3 Å². The number of rotatable bonds is 7. The number of nitrogens with zero attached hydrogens (tertiary/aromatic N) is 1. The molecule has 0 saturated heterocycles. The maximum atomic E-state index is 12.3. The van der Waals surface area contributed by atoms with E-state index in [4.69, 9.17) is 9.47 Å². The number of amides is 1. The van der Waals surface area contributed by atoms with Gasteiger partial charge in [0.25, 0.3) is 0 Å². The number of carbonyl (C=O) groups is 1. The highest BCUT2D eigenvalue weighted by atomic mass is 16.5. The highest BCUT2D eigenvalue weighted by Gasteiger charge is 2.30. The van der Waals surface area contributed by atoms with Crippen molar-refractivity contribution in [2.24, 2.45) is 5.92 Å². The molecule has 1 N–H and O–H groups in total. The molecule has 0 fully saturated rings. The van der Waals surface area contributed by atoms with Gasteiger partial charge in [0.2, 0.25) is 5.91 Å². The fourth-order valence-electron chi connectivity index (χ4n) is 3.92. The average molecular weight is 397 g/mol. The molecule has 5 heteroatoms. The summed E-state index contributed by atoms with van der Waals surface area (Å²) in [5.74, 6) is 1.52. The molecule has 0 bridgehead atoms. The molecule has 156 valence electrons. The number of hydrogen-bond donors (Lipinski definition) is 1. The van der Waals surface area contributed by atoms with Crippen LogP contribution in [-0.4, -0.2) is 38.1 Å². The summed E-state index contributed by atoms with van der Waals surface area (Å²) in [5.41, 5.74) is 5.06. The molecule has 1 aliphatic heterocycles. The monoisotopic (exact) mass is 396 g/mol. The van der Waals surface area contributed by atoms with Crippen molar-refractivity contribution >= 4 is 5.91 Å². The van der Waals surface area contributed by atoms with Gasteiger partial charge in [0.1, 0.15) is 0 Å². The Balaban J connectivity index is 1.94. The van der Waals surface area contributed by atoms with Crippen molar-refractivity contribution in [1.82, 2.24) is 10.2 Å². The van der Waals surface area contributed by atoms with E-state index in [1.165, 1.54) is 22.3 Å². The molecule has 29 heavy (non-hydrogen) atoms. The highest BCUT2D eigenvalue weighted by molar-refractivity contribution is 5.77. The third kappa shape index (κ3) is 4.73. The number of benzene rings is 2. The Morgan fingerprint density at radius 3 is 2.52 bits per heavy atom. The Morgan fingerprint density at radius 2 is 1.86 bits per heavy atom. The average Bonchev–Trinajstić information content (AvgIpc) is 2.72. The Labute approximate surface area is 174 Å². The standard InChI is InChI=1S/C24H32N2O3/c1-16(2)24(27)25-14-21-20-13-23(29-5)22(28-4)12-18(20)10-11-26(21)15-19-9-7-6-8-17(19)3/h6-9,12-13,16,21H,10-11,14-15H2,1-5H3,(H,25,27)/t21-/m0/s1. The molecule has 0 radical (unpaired) electrons. The van der Waals surface area contributed by atoms with Gasteiger partial charge in [-0.25, -0.2) is 0 Å². The number of carbonyl (C=O) groups excluding carboxylic acids is 1. The molecule has 0 unspecified atom stereocenters. The first-order chi connectivity index (χ1) is 13.9. The summed E-state index contributed by atoms with van der Waals surface area (Å²) in [6.07, 6.45) is 0.941. The van der Waals surface area contributed by atoms with Crippen LogP contribution in [0, 0.1) is 12.8 Å². The zero-order chi connectivity index (χ0) is 21.0. The number of methoxy groups -OCH3 is 2. The van der Waals surface area contributed by atoms with E-state index >= 15 is 0 Å². The van der Waals surface area contributed by atoms with Gasteiger partial charge in [-0.1, -0.05) is 38.1 Å². The lowest BCUT2D eigenvalue weighted by molar-refractivity contribution is -0.124. The number of fused-ring (bicyclic) bond motifs is 1. The minimum Gasteiger partial charge on any atom is -0.493 e. The summed E-state index contributed by atoms with van der Waals surface area (Å²) in [6.45, 7) is 8.34. The predicted molar refractivity (Wildman–Crippen MR) is 115 cm³/mol. The Hall–Kier alpha value is -2.53. The third-order valence-electron chi connectivity index (χ3n) is 5.74. The molecule has 1 heterocycles. The minimum atomic E-state index is -0.0340. The second kappa shape index (κ2) is 9.31. The van der Waals surface area contributed by atoms with E-state index in [0.717, 1.165) is 31.0 Å². The van der Waals surface area contributed by atoms with Crippen LogP contribution in [-0.2, 0) is 17.8 Å². The molecule has 0 aromatic heterocycles. The Bertz CT molecular complexity index is 863. The predicted octanol–water partition coefficient (Wildman–Crippen LogP) is 3.88. The lowest BCUT2D eigenvalue weighted by Crippen LogP contribution is -2.42. The van der Waals surface area contributed by atoms with E-state index < -0.39 is 0 Å². The van der Waals surface area contributed by atoms with Gasteiger partial charge >= 0.3 is 0 Å². The van der Waals surface area contributed by atoms with Crippen LogP contribution in [0.3, 0.4) is 0 Å². The van der Waals surface area contributed by atoms with Crippen molar-refractivity contribution in [3.63, 3.8) is 0 Å². The first kappa shape index (κ1) is 21.2. The van der Waals surface area contributed by atoms with Crippen LogP contribution >= 0.6 is 0 Å². The van der Waals surface area contributed by atoms with E-state index in [0.29, 0.717) is 6.54 Å². The first-order valence-electron chi connectivity index (χ1n) is 10.3. The molecule has 1 amide bonds. The normalized spacial score (nSPS) is 16.4. The van der Waals surface area contributed by atoms with Crippen LogP contribution in [0.5, 0.6) is 11.5 Å².